The van der Waals surface area contributed by atoms with Gasteiger partial charge in [0.1, 0.15) is 0 Å². The van der Waals surface area contributed by atoms with Crippen LogP contribution in [0.1, 0.15) is 45.4 Å². The van der Waals surface area contributed by atoms with Gasteiger partial charge in [0.25, 0.3) is 0 Å². The normalized spacial score (nSPS) is 12.8. The van der Waals surface area contributed by atoms with Crippen molar-refractivity contribution in [2.45, 2.75) is 51.6 Å². The summed E-state index contributed by atoms with van der Waals surface area (Å²) in [5.41, 5.74) is 4.98. The highest BCUT2D eigenvalue weighted by Crippen LogP contribution is 2.06. The van der Waals surface area contributed by atoms with Gasteiger partial charge in [-0.25, -0.2) is 0 Å². The number of hydrogen-bond donors (Lipinski definition) is 2. The SMILES string of the molecule is C[C@@H](O)CCCCCCC(N)=O. The smallest absolute Gasteiger partial charge is 0.217 e. The summed E-state index contributed by atoms with van der Waals surface area (Å²) >= 11 is 0. The van der Waals surface area contributed by atoms with Gasteiger partial charge in [-0.15, -0.1) is 0 Å². The molecule has 0 spiro atoms. The highest BCUT2D eigenvalue weighted by atomic mass is 16.3. The van der Waals surface area contributed by atoms with Crippen molar-refractivity contribution in [1.29, 1.82) is 0 Å². The molecule has 12 heavy (non-hydrogen) atoms. The molecule has 0 unspecified atom stereocenters. The first-order valence-electron chi connectivity index (χ1n) is 4.59. The van der Waals surface area contributed by atoms with Gasteiger partial charge in [0, 0.05) is 6.42 Å². The van der Waals surface area contributed by atoms with E-state index in [1.54, 1.807) is 6.92 Å². The molecule has 1 amide bonds. The lowest BCUT2D eigenvalue weighted by atomic mass is 10.1. The van der Waals surface area contributed by atoms with Gasteiger partial charge in [-0.2, -0.15) is 0 Å². The molecule has 0 rings (SSSR count). The Morgan fingerprint density at radius 1 is 1.33 bits per heavy atom. The summed E-state index contributed by atoms with van der Waals surface area (Å²) in [6, 6.07) is 0. The zero-order chi connectivity index (χ0) is 9.40. The molecule has 0 heterocycles. The van der Waals surface area contributed by atoms with Crippen molar-refractivity contribution in [3.63, 3.8) is 0 Å². The molecule has 0 aromatic carbocycles. The number of carbonyl (C=O) groups excluding carboxylic acids is 1. The van der Waals surface area contributed by atoms with Crippen molar-refractivity contribution >= 4 is 5.91 Å². The minimum atomic E-state index is -0.217. The Morgan fingerprint density at radius 2 is 1.92 bits per heavy atom. The third-order valence-corrected chi connectivity index (χ3v) is 1.80. The summed E-state index contributed by atoms with van der Waals surface area (Å²) < 4.78 is 0. The standard InChI is InChI=1S/C9H19NO2/c1-8(11)6-4-2-3-5-7-9(10)12/h8,11H,2-7H2,1H3,(H2,10,12)/t8-/m1/s1. The van der Waals surface area contributed by atoms with Crippen LogP contribution in [0.2, 0.25) is 0 Å². The Labute approximate surface area is 74.0 Å². The second kappa shape index (κ2) is 7.10. The molecule has 0 aliphatic heterocycles. The summed E-state index contributed by atoms with van der Waals surface area (Å²) in [6.07, 6.45) is 5.20. The van der Waals surface area contributed by atoms with E-state index in [0.717, 1.165) is 32.1 Å². The molecule has 1 atom stereocenters. The number of rotatable bonds is 7. The van der Waals surface area contributed by atoms with Gasteiger partial charge < -0.3 is 10.8 Å². The zero-order valence-electron chi connectivity index (χ0n) is 7.75. The summed E-state index contributed by atoms with van der Waals surface area (Å²) in [7, 11) is 0. The van der Waals surface area contributed by atoms with E-state index >= 15 is 0 Å². The zero-order valence-corrected chi connectivity index (χ0v) is 7.75. The quantitative estimate of drug-likeness (QED) is 0.568. The fourth-order valence-corrected chi connectivity index (χ4v) is 1.09. The summed E-state index contributed by atoms with van der Waals surface area (Å²) in [5.74, 6) is -0.217. The molecular weight excluding hydrogens is 154 g/mol. The fraction of sp³-hybridized carbons (Fsp3) is 0.889. The maximum Gasteiger partial charge on any atom is 0.217 e. The summed E-state index contributed by atoms with van der Waals surface area (Å²) in [6.45, 7) is 1.80. The van der Waals surface area contributed by atoms with Crippen LogP contribution < -0.4 is 5.73 Å². The number of amides is 1. The molecule has 0 aromatic heterocycles. The second-order valence-electron chi connectivity index (χ2n) is 3.27. The lowest BCUT2D eigenvalue weighted by Crippen LogP contribution is -2.09. The average molecular weight is 173 g/mol. The lowest BCUT2D eigenvalue weighted by molar-refractivity contribution is -0.118. The van der Waals surface area contributed by atoms with Crippen LogP contribution in [0.3, 0.4) is 0 Å². The van der Waals surface area contributed by atoms with Crippen LogP contribution in [-0.4, -0.2) is 17.1 Å². The van der Waals surface area contributed by atoms with Crippen LogP contribution in [-0.2, 0) is 4.79 Å². The van der Waals surface area contributed by atoms with E-state index in [2.05, 4.69) is 0 Å². The van der Waals surface area contributed by atoms with E-state index < -0.39 is 0 Å². The molecule has 0 saturated carbocycles. The lowest BCUT2D eigenvalue weighted by Gasteiger charge is -2.02. The first kappa shape index (κ1) is 11.4. The highest BCUT2D eigenvalue weighted by molar-refractivity contribution is 5.73. The molecule has 3 heteroatoms. The van der Waals surface area contributed by atoms with Gasteiger partial charge in [0.2, 0.25) is 5.91 Å². The molecule has 3 N–H and O–H groups in total. The predicted molar refractivity (Wildman–Crippen MR) is 48.6 cm³/mol. The van der Waals surface area contributed by atoms with E-state index in [1.807, 2.05) is 0 Å². The van der Waals surface area contributed by atoms with Crippen molar-refractivity contribution in [3.8, 4) is 0 Å². The maximum atomic E-state index is 10.3. The van der Waals surface area contributed by atoms with Crippen LogP contribution in [0, 0.1) is 0 Å². The van der Waals surface area contributed by atoms with Crippen LogP contribution in [0.4, 0.5) is 0 Å². The summed E-state index contributed by atoms with van der Waals surface area (Å²) in [4.78, 5) is 10.3. The van der Waals surface area contributed by atoms with E-state index in [4.69, 9.17) is 10.8 Å². The molecule has 0 bridgehead atoms. The van der Waals surface area contributed by atoms with Crippen LogP contribution >= 0.6 is 0 Å². The second-order valence-corrected chi connectivity index (χ2v) is 3.27. The minimum Gasteiger partial charge on any atom is -0.393 e. The predicted octanol–water partition coefficient (Wildman–Crippen LogP) is 1.19. The largest absolute Gasteiger partial charge is 0.393 e. The number of unbranched alkanes of at least 4 members (excludes halogenated alkanes) is 3. The highest BCUT2D eigenvalue weighted by Gasteiger charge is 1.96. The Hall–Kier alpha value is -0.570. The number of aliphatic hydroxyl groups excluding tert-OH is 1. The van der Waals surface area contributed by atoms with Gasteiger partial charge >= 0.3 is 0 Å². The topological polar surface area (TPSA) is 63.3 Å². The maximum absolute atomic E-state index is 10.3. The molecule has 0 fully saturated rings. The van der Waals surface area contributed by atoms with Crippen molar-refractivity contribution in [2.75, 3.05) is 0 Å². The molecule has 0 radical (unpaired) electrons. The van der Waals surface area contributed by atoms with Gasteiger partial charge in [-0.1, -0.05) is 19.3 Å². The van der Waals surface area contributed by atoms with Gasteiger partial charge in [-0.05, 0) is 19.8 Å². The van der Waals surface area contributed by atoms with Crippen molar-refractivity contribution in [3.05, 3.63) is 0 Å². The van der Waals surface area contributed by atoms with E-state index in [9.17, 15) is 4.79 Å². The Balaban J connectivity index is 2.96. The van der Waals surface area contributed by atoms with Gasteiger partial charge in [0.05, 0.1) is 6.10 Å². The number of carbonyl (C=O) groups is 1. The Bertz CT molecular complexity index is 124. The van der Waals surface area contributed by atoms with Crippen LogP contribution in [0.25, 0.3) is 0 Å². The molecule has 3 nitrogen and oxygen atoms in total. The van der Waals surface area contributed by atoms with Gasteiger partial charge in [-0.3, -0.25) is 4.79 Å². The third kappa shape index (κ3) is 9.43. The molecular formula is C9H19NO2. The molecule has 0 aromatic rings. The average Bonchev–Trinajstić information content (AvgIpc) is 1.95. The Morgan fingerprint density at radius 3 is 2.42 bits per heavy atom. The van der Waals surface area contributed by atoms with E-state index in [1.165, 1.54) is 0 Å². The molecule has 72 valence electrons. The fourth-order valence-electron chi connectivity index (χ4n) is 1.09. The van der Waals surface area contributed by atoms with Crippen LogP contribution in [0.5, 0.6) is 0 Å². The number of nitrogens with two attached hydrogens (primary N) is 1. The minimum absolute atomic E-state index is 0.193. The van der Waals surface area contributed by atoms with Crippen LogP contribution in [0.15, 0.2) is 0 Å². The monoisotopic (exact) mass is 173 g/mol. The number of hydrogen-bond acceptors (Lipinski definition) is 2. The van der Waals surface area contributed by atoms with Crippen molar-refractivity contribution in [1.82, 2.24) is 0 Å². The van der Waals surface area contributed by atoms with E-state index in [0.29, 0.717) is 6.42 Å². The van der Waals surface area contributed by atoms with E-state index in [-0.39, 0.29) is 12.0 Å². The van der Waals surface area contributed by atoms with Gasteiger partial charge in [0.15, 0.2) is 0 Å². The number of aliphatic hydroxyl groups is 1. The molecule has 0 aliphatic carbocycles. The third-order valence-electron chi connectivity index (χ3n) is 1.80. The molecule has 0 aliphatic rings. The Kier molecular flexibility index (Phi) is 6.76. The van der Waals surface area contributed by atoms with Crippen molar-refractivity contribution in [2.24, 2.45) is 5.73 Å². The first-order valence-corrected chi connectivity index (χ1v) is 4.59. The summed E-state index contributed by atoms with van der Waals surface area (Å²) in [5, 5.41) is 8.92. The number of primary amides is 1. The molecule has 0 saturated heterocycles. The first-order chi connectivity index (χ1) is 5.63. The van der Waals surface area contributed by atoms with Crippen molar-refractivity contribution < 1.29 is 9.90 Å².